The maximum absolute atomic E-state index is 13.6. The van der Waals surface area contributed by atoms with Crippen molar-refractivity contribution in [3.63, 3.8) is 0 Å². The zero-order chi connectivity index (χ0) is 17.3. The van der Waals surface area contributed by atoms with Crippen LogP contribution in [0.1, 0.15) is 11.6 Å². The van der Waals surface area contributed by atoms with Gasteiger partial charge in [0.2, 0.25) is 0 Å². The minimum Gasteiger partial charge on any atom is -0.480 e. The lowest BCUT2D eigenvalue weighted by Crippen LogP contribution is -2.42. The van der Waals surface area contributed by atoms with Gasteiger partial charge >= 0.3 is 11.9 Å². The average Bonchev–Trinajstić information content (AvgIpc) is 2.85. The van der Waals surface area contributed by atoms with Crippen molar-refractivity contribution in [2.24, 2.45) is 0 Å². The second-order valence-electron chi connectivity index (χ2n) is 5.66. The first-order valence-electron chi connectivity index (χ1n) is 7.52. The van der Waals surface area contributed by atoms with Gasteiger partial charge in [0, 0.05) is 30.2 Å². The van der Waals surface area contributed by atoms with Crippen LogP contribution >= 0.6 is 0 Å². The Labute approximate surface area is 136 Å². The molecule has 1 aromatic carbocycles. The minimum absolute atomic E-state index is 0.366. The molecule has 8 heteroatoms. The molecule has 1 atom stereocenters. The summed E-state index contributed by atoms with van der Waals surface area (Å²) < 4.78 is 20.2. The Morgan fingerprint density at radius 3 is 2.58 bits per heavy atom. The Bertz CT molecular complexity index is 782. The zero-order valence-corrected chi connectivity index (χ0v) is 12.8. The van der Waals surface area contributed by atoms with Crippen LogP contribution in [0.15, 0.2) is 24.4 Å². The molecule has 24 heavy (non-hydrogen) atoms. The van der Waals surface area contributed by atoms with Crippen LogP contribution in [-0.4, -0.2) is 57.9 Å². The Balaban J connectivity index is 2.12. The van der Waals surface area contributed by atoms with Gasteiger partial charge in [-0.15, -0.1) is 0 Å². The van der Waals surface area contributed by atoms with Gasteiger partial charge in [-0.25, -0.2) is 4.39 Å². The van der Waals surface area contributed by atoms with Crippen molar-refractivity contribution in [3.05, 3.63) is 35.8 Å². The number of aromatic nitrogens is 1. The first-order valence-corrected chi connectivity index (χ1v) is 7.52. The van der Waals surface area contributed by atoms with Crippen molar-refractivity contribution >= 4 is 22.8 Å². The molecule has 0 aliphatic carbocycles. The number of ether oxygens (including phenoxy) is 1. The molecular formula is C16H17FN2O5. The summed E-state index contributed by atoms with van der Waals surface area (Å²) in [4.78, 5) is 24.7. The van der Waals surface area contributed by atoms with Crippen LogP contribution in [0, 0.1) is 5.82 Å². The van der Waals surface area contributed by atoms with Crippen LogP contribution in [0.2, 0.25) is 0 Å². The lowest BCUT2D eigenvalue weighted by Gasteiger charge is -2.31. The molecule has 1 saturated heterocycles. The second-order valence-corrected chi connectivity index (χ2v) is 5.66. The van der Waals surface area contributed by atoms with E-state index < -0.39 is 23.8 Å². The van der Waals surface area contributed by atoms with Gasteiger partial charge in [-0.1, -0.05) is 0 Å². The van der Waals surface area contributed by atoms with E-state index in [1.165, 1.54) is 29.0 Å². The number of fused-ring (bicyclic) bond motifs is 1. The SMILES string of the molecule is O=C(O)Cn1cc(C(C(=O)O)N2CCOCC2)c2ccc(F)cc21. The summed E-state index contributed by atoms with van der Waals surface area (Å²) in [6, 6.07) is 3.03. The number of nitrogens with zero attached hydrogens (tertiary/aromatic N) is 2. The van der Waals surface area contributed by atoms with E-state index in [9.17, 15) is 19.1 Å². The molecule has 3 rings (SSSR count). The molecule has 1 aliphatic rings. The maximum Gasteiger partial charge on any atom is 0.325 e. The molecule has 7 nitrogen and oxygen atoms in total. The highest BCUT2D eigenvalue weighted by Crippen LogP contribution is 2.31. The van der Waals surface area contributed by atoms with Gasteiger partial charge in [0.1, 0.15) is 18.4 Å². The second kappa shape index (κ2) is 6.58. The van der Waals surface area contributed by atoms with Crippen LogP contribution in [0.25, 0.3) is 10.9 Å². The van der Waals surface area contributed by atoms with E-state index in [0.29, 0.717) is 42.8 Å². The topological polar surface area (TPSA) is 92.0 Å². The summed E-state index contributed by atoms with van der Waals surface area (Å²) in [6.45, 7) is 1.43. The molecule has 0 radical (unpaired) electrons. The largest absolute Gasteiger partial charge is 0.480 e. The summed E-state index contributed by atoms with van der Waals surface area (Å²) in [5, 5.41) is 19.3. The first kappa shape index (κ1) is 16.4. The summed E-state index contributed by atoms with van der Waals surface area (Å²) in [5.74, 6) is -2.62. The lowest BCUT2D eigenvalue weighted by molar-refractivity contribution is -0.145. The van der Waals surface area contributed by atoms with E-state index in [-0.39, 0.29) is 6.54 Å². The molecule has 0 bridgehead atoms. The fraction of sp³-hybridized carbons (Fsp3) is 0.375. The molecule has 1 fully saturated rings. The summed E-state index contributed by atoms with van der Waals surface area (Å²) in [5.41, 5.74) is 0.826. The molecule has 1 aromatic heterocycles. The summed E-state index contributed by atoms with van der Waals surface area (Å²) >= 11 is 0. The molecular weight excluding hydrogens is 319 g/mol. The lowest BCUT2D eigenvalue weighted by atomic mass is 10.0. The average molecular weight is 336 g/mol. The van der Waals surface area contributed by atoms with E-state index in [1.54, 1.807) is 4.90 Å². The van der Waals surface area contributed by atoms with Gasteiger partial charge < -0.3 is 19.5 Å². The summed E-state index contributed by atoms with van der Waals surface area (Å²) in [6.07, 6.45) is 1.49. The van der Waals surface area contributed by atoms with Crippen molar-refractivity contribution in [2.75, 3.05) is 26.3 Å². The zero-order valence-electron chi connectivity index (χ0n) is 12.8. The first-order chi connectivity index (χ1) is 11.5. The fourth-order valence-corrected chi connectivity index (χ4v) is 3.11. The van der Waals surface area contributed by atoms with Crippen molar-refractivity contribution in [2.45, 2.75) is 12.6 Å². The molecule has 1 unspecified atom stereocenters. The van der Waals surface area contributed by atoms with Crippen molar-refractivity contribution in [1.82, 2.24) is 9.47 Å². The van der Waals surface area contributed by atoms with E-state index in [1.807, 2.05) is 0 Å². The third-order valence-electron chi connectivity index (χ3n) is 4.12. The number of hydrogen-bond donors (Lipinski definition) is 2. The molecule has 1 aliphatic heterocycles. The Kier molecular flexibility index (Phi) is 4.50. The third kappa shape index (κ3) is 3.10. The highest BCUT2D eigenvalue weighted by Gasteiger charge is 2.31. The van der Waals surface area contributed by atoms with Gasteiger partial charge in [0.25, 0.3) is 0 Å². The van der Waals surface area contributed by atoms with Gasteiger partial charge in [-0.3, -0.25) is 14.5 Å². The molecule has 0 spiro atoms. The van der Waals surface area contributed by atoms with Gasteiger partial charge in [-0.2, -0.15) is 0 Å². The minimum atomic E-state index is -1.08. The quantitative estimate of drug-likeness (QED) is 0.856. The smallest absolute Gasteiger partial charge is 0.325 e. The number of carbonyl (C=O) groups is 2. The molecule has 0 amide bonds. The Morgan fingerprint density at radius 2 is 1.96 bits per heavy atom. The number of aliphatic carboxylic acids is 2. The highest BCUT2D eigenvalue weighted by atomic mass is 19.1. The number of hydrogen-bond acceptors (Lipinski definition) is 4. The number of carboxylic acids is 2. The van der Waals surface area contributed by atoms with E-state index >= 15 is 0 Å². The Hall–Kier alpha value is -2.45. The fourth-order valence-electron chi connectivity index (χ4n) is 3.11. The monoisotopic (exact) mass is 336 g/mol. The number of morpholine rings is 1. The van der Waals surface area contributed by atoms with E-state index in [2.05, 4.69) is 0 Å². The molecule has 0 saturated carbocycles. The molecule has 128 valence electrons. The van der Waals surface area contributed by atoms with Gasteiger partial charge in [-0.05, 0) is 18.2 Å². The van der Waals surface area contributed by atoms with Crippen LogP contribution in [0.4, 0.5) is 4.39 Å². The van der Waals surface area contributed by atoms with Gasteiger partial charge in [0.05, 0.1) is 18.7 Å². The number of carboxylic acid groups (broad SMARTS) is 2. The predicted molar refractivity (Wildman–Crippen MR) is 82.3 cm³/mol. The van der Waals surface area contributed by atoms with E-state index in [4.69, 9.17) is 9.84 Å². The molecule has 2 heterocycles. The van der Waals surface area contributed by atoms with Crippen LogP contribution in [0.5, 0.6) is 0 Å². The normalized spacial score (nSPS) is 17.0. The molecule has 2 N–H and O–H groups in total. The highest BCUT2D eigenvalue weighted by molar-refractivity contribution is 5.90. The standard InChI is InChI=1S/C16H17FN2O5/c17-10-1-2-11-12(8-19(9-14(20)21)13(11)7-10)15(16(22)23)18-3-5-24-6-4-18/h1-2,7-8,15H,3-6,9H2,(H,20,21)(H,22,23). The summed E-state index contributed by atoms with van der Waals surface area (Å²) in [7, 11) is 0. The molecule has 2 aromatic rings. The van der Waals surface area contributed by atoms with Crippen LogP contribution in [-0.2, 0) is 20.9 Å². The number of halogens is 1. The Morgan fingerprint density at radius 1 is 1.25 bits per heavy atom. The van der Waals surface area contributed by atoms with Crippen molar-refractivity contribution < 1.29 is 28.9 Å². The predicted octanol–water partition coefficient (Wildman–Crippen LogP) is 1.32. The van der Waals surface area contributed by atoms with E-state index in [0.717, 1.165) is 0 Å². The van der Waals surface area contributed by atoms with Crippen molar-refractivity contribution in [1.29, 1.82) is 0 Å². The number of benzene rings is 1. The van der Waals surface area contributed by atoms with Gasteiger partial charge in [0.15, 0.2) is 0 Å². The van der Waals surface area contributed by atoms with Crippen LogP contribution in [0.3, 0.4) is 0 Å². The van der Waals surface area contributed by atoms with Crippen molar-refractivity contribution in [3.8, 4) is 0 Å². The third-order valence-corrected chi connectivity index (χ3v) is 4.12. The van der Waals surface area contributed by atoms with Crippen LogP contribution < -0.4 is 0 Å². The number of rotatable bonds is 5. The maximum atomic E-state index is 13.6.